The summed E-state index contributed by atoms with van der Waals surface area (Å²) >= 11 is 13.1. The number of para-hydroxylation sites is 1. The predicted octanol–water partition coefficient (Wildman–Crippen LogP) is 6.78. The molecule has 3 aromatic rings. The highest BCUT2D eigenvalue weighted by Crippen LogP contribution is 2.46. The van der Waals surface area contributed by atoms with Crippen molar-refractivity contribution in [1.82, 2.24) is 4.90 Å². The average Bonchev–Trinajstić information content (AvgIpc) is 2.85. The molecule has 4 nitrogen and oxygen atoms in total. The van der Waals surface area contributed by atoms with Crippen molar-refractivity contribution in [2.75, 3.05) is 31.1 Å². The van der Waals surface area contributed by atoms with Gasteiger partial charge in [-0.25, -0.2) is 4.39 Å². The fourth-order valence-corrected chi connectivity index (χ4v) is 5.88. The van der Waals surface area contributed by atoms with Crippen molar-refractivity contribution < 1.29 is 13.9 Å². The van der Waals surface area contributed by atoms with Crippen LogP contribution in [0.1, 0.15) is 31.2 Å². The summed E-state index contributed by atoms with van der Waals surface area (Å²) in [5, 5.41) is 1.51. The van der Waals surface area contributed by atoms with Gasteiger partial charge in [0.25, 0.3) is 0 Å². The van der Waals surface area contributed by atoms with Crippen LogP contribution in [0.5, 0.6) is 5.75 Å². The number of carbonyl (C=O) groups is 1. The fourth-order valence-electron chi connectivity index (χ4n) is 5.07. The molecule has 1 atom stereocenters. The summed E-state index contributed by atoms with van der Waals surface area (Å²) in [6, 6.07) is 14.0. The zero-order chi connectivity index (χ0) is 25.2. The molecule has 2 aliphatic heterocycles. The molecule has 188 valence electrons. The lowest BCUT2D eigenvalue weighted by Crippen LogP contribution is -2.33. The van der Waals surface area contributed by atoms with E-state index in [0.29, 0.717) is 51.3 Å². The highest BCUT2D eigenvalue weighted by Gasteiger charge is 2.31. The number of amides is 1. The van der Waals surface area contributed by atoms with E-state index in [9.17, 15) is 4.79 Å². The SMILES string of the molecule is O=C1CCc2c(-c3ccc(P)cc3F)cc(OCCN3CCCCC3)cc2N1c1c(Cl)cccc1Cl. The van der Waals surface area contributed by atoms with Crippen LogP contribution >= 0.6 is 32.4 Å². The molecule has 0 N–H and O–H groups in total. The third-order valence-corrected chi connectivity index (χ3v) is 7.82. The topological polar surface area (TPSA) is 32.8 Å². The molecule has 2 aliphatic rings. The number of likely N-dealkylation sites (tertiary alicyclic amines) is 1. The van der Waals surface area contributed by atoms with Gasteiger partial charge in [0.2, 0.25) is 5.91 Å². The molecule has 0 aromatic heterocycles. The van der Waals surface area contributed by atoms with E-state index >= 15 is 4.39 Å². The van der Waals surface area contributed by atoms with Crippen LogP contribution in [0, 0.1) is 5.82 Å². The van der Waals surface area contributed by atoms with Crippen LogP contribution < -0.4 is 14.9 Å². The third kappa shape index (κ3) is 5.26. The van der Waals surface area contributed by atoms with Crippen LogP contribution in [0.3, 0.4) is 0 Å². The fraction of sp³-hybridized carbons (Fsp3) is 0.321. The van der Waals surface area contributed by atoms with Gasteiger partial charge in [0.15, 0.2) is 0 Å². The van der Waals surface area contributed by atoms with Gasteiger partial charge in [-0.1, -0.05) is 47.8 Å². The van der Waals surface area contributed by atoms with Gasteiger partial charge in [-0.15, -0.1) is 9.24 Å². The molecule has 1 unspecified atom stereocenters. The van der Waals surface area contributed by atoms with Crippen LogP contribution in [0.25, 0.3) is 11.1 Å². The number of nitrogens with zero attached hydrogens (tertiary/aromatic N) is 2. The van der Waals surface area contributed by atoms with E-state index in [-0.39, 0.29) is 18.1 Å². The predicted molar refractivity (Wildman–Crippen MR) is 149 cm³/mol. The minimum atomic E-state index is -0.325. The molecule has 1 amide bonds. The molecule has 1 saturated heterocycles. The Morgan fingerprint density at radius 1 is 0.944 bits per heavy atom. The standard InChI is InChI=1S/C28H28Cl2FN2O2P/c29-23-5-4-6-24(30)28(23)33-26-16-18(35-14-13-32-11-2-1-3-12-32)15-22(21(26)9-10-27(33)34)20-8-7-19(36)17-25(20)31/h4-8,15-17H,1-3,9-14,36H2. The molecule has 8 heteroatoms. The molecule has 0 bridgehead atoms. The largest absolute Gasteiger partial charge is 0.492 e. The lowest BCUT2D eigenvalue weighted by molar-refractivity contribution is -0.118. The zero-order valence-electron chi connectivity index (χ0n) is 19.9. The molecule has 3 aromatic carbocycles. The van der Waals surface area contributed by atoms with Gasteiger partial charge >= 0.3 is 0 Å². The van der Waals surface area contributed by atoms with Gasteiger partial charge < -0.3 is 4.74 Å². The maximum absolute atomic E-state index is 15.2. The smallest absolute Gasteiger partial charge is 0.231 e. The van der Waals surface area contributed by atoms with Gasteiger partial charge in [-0.3, -0.25) is 14.6 Å². The second-order valence-corrected chi connectivity index (χ2v) is 10.7. The lowest BCUT2D eigenvalue weighted by atomic mass is 9.90. The van der Waals surface area contributed by atoms with Gasteiger partial charge in [-0.2, -0.15) is 0 Å². The Bertz CT molecular complexity index is 1280. The number of rotatable bonds is 6. The van der Waals surface area contributed by atoms with Crippen molar-refractivity contribution in [2.24, 2.45) is 0 Å². The van der Waals surface area contributed by atoms with Crippen molar-refractivity contribution in [3.63, 3.8) is 0 Å². The second-order valence-electron chi connectivity index (χ2n) is 9.26. The Morgan fingerprint density at radius 2 is 1.69 bits per heavy atom. The Kier molecular flexibility index (Phi) is 7.83. The number of piperidine rings is 1. The number of ether oxygens (including phenoxy) is 1. The van der Waals surface area contributed by atoms with E-state index in [0.717, 1.165) is 30.5 Å². The Morgan fingerprint density at radius 3 is 2.42 bits per heavy atom. The summed E-state index contributed by atoms with van der Waals surface area (Å²) in [4.78, 5) is 17.2. The zero-order valence-corrected chi connectivity index (χ0v) is 22.6. The summed E-state index contributed by atoms with van der Waals surface area (Å²) in [6.45, 7) is 3.49. The van der Waals surface area contributed by atoms with Gasteiger partial charge in [-0.05, 0) is 73.0 Å². The normalized spacial score (nSPS) is 16.2. The number of hydrogen-bond donors (Lipinski definition) is 0. The molecule has 0 saturated carbocycles. The monoisotopic (exact) mass is 544 g/mol. The molecule has 1 fully saturated rings. The van der Waals surface area contributed by atoms with Crippen molar-refractivity contribution in [3.05, 3.63) is 70.0 Å². The first-order chi connectivity index (χ1) is 17.4. The number of fused-ring (bicyclic) bond motifs is 1. The van der Waals surface area contributed by atoms with Crippen molar-refractivity contribution >= 4 is 55.0 Å². The van der Waals surface area contributed by atoms with E-state index in [1.807, 2.05) is 18.2 Å². The molecule has 5 rings (SSSR count). The Balaban J connectivity index is 1.59. The van der Waals surface area contributed by atoms with Crippen LogP contribution in [-0.4, -0.2) is 37.0 Å². The first-order valence-electron chi connectivity index (χ1n) is 12.3. The van der Waals surface area contributed by atoms with Gasteiger partial charge in [0, 0.05) is 24.6 Å². The molecular weight excluding hydrogens is 517 g/mol. The Hall–Kier alpha value is -2.17. The molecule has 0 spiro atoms. The minimum absolute atomic E-state index is 0.116. The quantitative estimate of drug-likeness (QED) is 0.321. The molecule has 0 aliphatic carbocycles. The number of hydrogen-bond acceptors (Lipinski definition) is 3. The average molecular weight is 545 g/mol. The number of benzene rings is 3. The maximum Gasteiger partial charge on any atom is 0.231 e. The van der Waals surface area contributed by atoms with Crippen molar-refractivity contribution in [1.29, 1.82) is 0 Å². The maximum atomic E-state index is 15.2. The van der Waals surface area contributed by atoms with Crippen molar-refractivity contribution in [3.8, 4) is 16.9 Å². The highest BCUT2D eigenvalue weighted by molar-refractivity contribution is 7.27. The molecule has 36 heavy (non-hydrogen) atoms. The van der Waals surface area contributed by atoms with Crippen LogP contribution in [-0.2, 0) is 11.2 Å². The van der Waals surface area contributed by atoms with E-state index in [2.05, 4.69) is 14.1 Å². The first kappa shape index (κ1) is 25.5. The van der Waals surface area contributed by atoms with E-state index in [1.54, 1.807) is 29.2 Å². The van der Waals surface area contributed by atoms with E-state index in [1.165, 1.54) is 25.3 Å². The number of anilines is 2. The summed E-state index contributed by atoms with van der Waals surface area (Å²) in [5.74, 6) is 0.141. The van der Waals surface area contributed by atoms with Gasteiger partial charge in [0.05, 0.1) is 21.4 Å². The summed E-state index contributed by atoms with van der Waals surface area (Å²) in [7, 11) is 2.52. The Labute approximate surface area is 223 Å². The summed E-state index contributed by atoms with van der Waals surface area (Å²) in [5.41, 5.74) is 3.11. The third-order valence-electron chi connectivity index (χ3n) is 6.85. The lowest BCUT2D eigenvalue weighted by Gasteiger charge is -2.33. The van der Waals surface area contributed by atoms with E-state index < -0.39 is 0 Å². The van der Waals surface area contributed by atoms with E-state index in [4.69, 9.17) is 27.9 Å². The summed E-state index contributed by atoms with van der Waals surface area (Å²) < 4.78 is 21.4. The van der Waals surface area contributed by atoms with Crippen LogP contribution in [0.4, 0.5) is 15.8 Å². The molecule has 2 heterocycles. The first-order valence-corrected chi connectivity index (χ1v) is 13.6. The minimum Gasteiger partial charge on any atom is -0.492 e. The van der Waals surface area contributed by atoms with Gasteiger partial charge in [0.1, 0.15) is 18.2 Å². The van der Waals surface area contributed by atoms with Crippen LogP contribution in [0.2, 0.25) is 10.0 Å². The second kappa shape index (κ2) is 11.1. The molecular formula is C28H28Cl2FN2O2P. The number of carbonyl (C=O) groups excluding carboxylic acids is 1. The molecule has 0 radical (unpaired) electrons. The van der Waals surface area contributed by atoms with Crippen LogP contribution in [0.15, 0.2) is 48.5 Å². The number of halogens is 3. The summed E-state index contributed by atoms with van der Waals surface area (Å²) in [6.07, 6.45) is 4.45. The highest BCUT2D eigenvalue weighted by atomic mass is 35.5. The van der Waals surface area contributed by atoms with Crippen molar-refractivity contribution in [2.45, 2.75) is 32.1 Å².